The number of hydrogen-bond donors (Lipinski definition) is 3. The molecule has 1 aromatic carbocycles. The summed E-state index contributed by atoms with van der Waals surface area (Å²) in [4.78, 5) is 34.2. The number of carbonyl (C=O) groups is 3. The summed E-state index contributed by atoms with van der Waals surface area (Å²) in [5, 5.41) is 11.8. The highest BCUT2D eigenvalue weighted by Crippen LogP contribution is 2.58. The lowest BCUT2D eigenvalue weighted by molar-refractivity contribution is -0.140. The van der Waals surface area contributed by atoms with Crippen LogP contribution in [0.15, 0.2) is 24.3 Å². The van der Waals surface area contributed by atoms with Gasteiger partial charge in [-0.2, -0.15) is 0 Å². The molecular formula is C15H18N2O4. The summed E-state index contributed by atoms with van der Waals surface area (Å²) < 4.78 is 0. The number of amides is 2. The fourth-order valence-corrected chi connectivity index (χ4v) is 2.72. The summed E-state index contributed by atoms with van der Waals surface area (Å²) >= 11 is 0. The normalized spacial score (nSPS) is 22.4. The van der Waals surface area contributed by atoms with Crippen molar-refractivity contribution in [2.75, 3.05) is 0 Å². The van der Waals surface area contributed by atoms with Crippen LogP contribution >= 0.6 is 0 Å². The second-order valence-corrected chi connectivity index (χ2v) is 5.90. The van der Waals surface area contributed by atoms with Crippen LogP contribution in [-0.4, -0.2) is 22.9 Å². The van der Waals surface area contributed by atoms with Crippen molar-refractivity contribution >= 4 is 17.8 Å². The van der Waals surface area contributed by atoms with E-state index in [4.69, 9.17) is 10.8 Å². The van der Waals surface area contributed by atoms with Crippen molar-refractivity contribution in [2.24, 2.45) is 23.0 Å². The first-order valence-electron chi connectivity index (χ1n) is 6.64. The predicted molar refractivity (Wildman–Crippen MR) is 75.2 cm³/mol. The van der Waals surface area contributed by atoms with Crippen LogP contribution < -0.4 is 11.1 Å². The van der Waals surface area contributed by atoms with E-state index >= 15 is 0 Å². The number of benzene rings is 1. The summed E-state index contributed by atoms with van der Waals surface area (Å²) in [7, 11) is 0. The van der Waals surface area contributed by atoms with E-state index in [0.717, 1.165) is 5.56 Å². The Morgan fingerprint density at radius 3 is 2.48 bits per heavy atom. The Labute approximate surface area is 122 Å². The van der Waals surface area contributed by atoms with Gasteiger partial charge in [0.15, 0.2) is 0 Å². The molecule has 0 bridgehead atoms. The molecule has 1 aliphatic carbocycles. The zero-order valence-corrected chi connectivity index (χ0v) is 11.9. The Morgan fingerprint density at radius 2 is 1.95 bits per heavy atom. The van der Waals surface area contributed by atoms with Crippen LogP contribution in [0.4, 0.5) is 0 Å². The maximum atomic E-state index is 12.1. The Balaban J connectivity index is 1.98. The average Bonchev–Trinajstić information content (AvgIpc) is 2.99. The number of carboxylic acid groups (broad SMARTS) is 1. The maximum Gasteiger partial charge on any atom is 0.307 e. The van der Waals surface area contributed by atoms with Crippen LogP contribution in [0.5, 0.6) is 0 Å². The Morgan fingerprint density at radius 1 is 1.29 bits per heavy atom. The highest BCUT2D eigenvalue weighted by molar-refractivity contribution is 5.93. The topological polar surface area (TPSA) is 109 Å². The lowest BCUT2D eigenvalue weighted by atomic mass is 10.1. The molecule has 21 heavy (non-hydrogen) atoms. The molecule has 1 aromatic rings. The number of nitrogens with one attached hydrogen (secondary N) is 1. The largest absolute Gasteiger partial charge is 0.481 e. The quantitative estimate of drug-likeness (QED) is 0.743. The third-order valence-corrected chi connectivity index (χ3v) is 4.05. The zero-order valence-electron chi connectivity index (χ0n) is 11.9. The van der Waals surface area contributed by atoms with Gasteiger partial charge in [0, 0.05) is 12.1 Å². The number of aliphatic carboxylic acids is 1. The molecule has 1 aliphatic rings. The summed E-state index contributed by atoms with van der Waals surface area (Å²) in [6.07, 6.45) is 0. The third kappa shape index (κ3) is 2.89. The van der Waals surface area contributed by atoms with Crippen molar-refractivity contribution in [3.8, 4) is 0 Å². The number of carbonyl (C=O) groups excluding carboxylic acids is 2. The van der Waals surface area contributed by atoms with Crippen molar-refractivity contribution in [1.82, 2.24) is 5.32 Å². The number of primary amides is 1. The standard InChI is InChI=1S/C15H18N2O4/c1-15(2)10(11(15)14(20)21)13(19)17-7-8-4-3-5-9(6-8)12(16)18/h3-6,10-11H,7H2,1-2H3,(H2,16,18)(H,17,19)(H,20,21). The Bertz CT molecular complexity index is 609. The van der Waals surface area contributed by atoms with Gasteiger partial charge in [-0.05, 0) is 23.1 Å². The first-order chi connectivity index (χ1) is 9.75. The van der Waals surface area contributed by atoms with Crippen LogP contribution in [-0.2, 0) is 16.1 Å². The molecule has 2 unspecified atom stereocenters. The van der Waals surface area contributed by atoms with E-state index in [1.807, 2.05) is 0 Å². The predicted octanol–water partition coefficient (Wildman–Crippen LogP) is 0.758. The number of hydrogen-bond acceptors (Lipinski definition) is 3. The van der Waals surface area contributed by atoms with E-state index in [1.165, 1.54) is 0 Å². The molecule has 2 atom stereocenters. The molecule has 6 nitrogen and oxygen atoms in total. The minimum Gasteiger partial charge on any atom is -0.481 e. The van der Waals surface area contributed by atoms with Crippen molar-refractivity contribution < 1.29 is 19.5 Å². The van der Waals surface area contributed by atoms with Crippen molar-refractivity contribution in [3.63, 3.8) is 0 Å². The zero-order chi connectivity index (χ0) is 15.8. The number of rotatable bonds is 5. The number of carboxylic acids is 1. The molecule has 112 valence electrons. The molecule has 2 rings (SSSR count). The van der Waals surface area contributed by atoms with E-state index < -0.39 is 29.1 Å². The highest BCUT2D eigenvalue weighted by atomic mass is 16.4. The van der Waals surface area contributed by atoms with Gasteiger partial charge in [-0.1, -0.05) is 26.0 Å². The lowest BCUT2D eigenvalue weighted by Gasteiger charge is -2.07. The fourth-order valence-electron chi connectivity index (χ4n) is 2.72. The first kappa shape index (κ1) is 15.0. The smallest absolute Gasteiger partial charge is 0.307 e. The van der Waals surface area contributed by atoms with Crippen LogP contribution in [0.1, 0.15) is 29.8 Å². The van der Waals surface area contributed by atoms with Crippen LogP contribution in [0.2, 0.25) is 0 Å². The molecule has 0 saturated heterocycles. The SMILES string of the molecule is CC1(C)C(C(=O)O)C1C(=O)NCc1cccc(C(N)=O)c1. The molecule has 1 saturated carbocycles. The van der Waals surface area contributed by atoms with Gasteiger partial charge in [-0.25, -0.2) is 0 Å². The van der Waals surface area contributed by atoms with Gasteiger partial charge in [0.05, 0.1) is 11.8 Å². The first-order valence-corrected chi connectivity index (χ1v) is 6.64. The molecule has 0 aromatic heterocycles. The van der Waals surface area contributed by atoms with E-state index in [1.54, 1.807) is 38.1 Å². The molecule has 0 heterocycles. The fraction of sp³-hybridized carbons (Fsp3) is 0.400. The van der Waals surface area contributed by atoms with Gasteiger partial charge in [0.2, 0.25) is 11.8 Å². The Kier molecular flexibility index (Phi) is 3.72. The molecule has 2 amide bonds. The van der Waals surface area contributed by atoms with Gasteiger partial charge >= 0.3 is 5.97 Å². The third-order valence-electron chi connectivity index (χ3n) is 4.05. The van der Waals surface area contributed by atoms with Gasteiger partial charge in [0.25, 0.3) is 0 Å². The minimum absolute atomic E-state index is 0.235. The van der Waals surface area contributed by atoms with Gasteiger partial charge in [0.1, 0.15) is 0 Å². The van der Waals surface area contributed by atoms with Crippen molar-refractivity contribution in [1.29, 1.82) is 0 Å². The summed E-state index contributed by atoms with van der Waals surface area (Å²) in [6, 6.07) is 6.65. The minimum atomic E-state index is -0.948. The molecule has 0 spiro atoms. The van der Waals surface area contributed by atoms with E-state index in [-0.39, 0.29) is 12.5 Å². The maximum absolute atomic E-state index is 12.1. The summed E-state index contributed by atoms with van der Waals surface area (Å²) in [5.74, 6) is -2.92. The van der Waals surface area contributed by atoms with Gasteiger partial charge in [-0.3, -0.25) is 14.4 Å². The highest BCUT2D eigenvalue weighted by Gasteiger charge is 2.65. The summed E-state index contributed by atoms with van der Waals surface area (Å²) in [5.41, 5.74) is 5.78. The molecule has 0 radical (unpaired) electrons. The van der Waals surface area contributed by atoms with Crippen LogP contribution in [0.3, 0.4) is 0 Å². The molecule has 1 fully saturated rings. The molecular weight excluding hydrogens is 272 g/mol. The second kappa shape index (κ2) is 5.20. The van der Waals surface area contributed by atoms with Gasteiger partial charge < -0.3 is 16.2 Å². The van der Waals surface area contributed by atoms with Gasteiger partial charge in [-0.15, -0.1) is 0 Å². The van der Waals surface area contributed by atoms with E-state index in [0.29, 0.717) is 5.56 Å². The van der Waals surface area contributed by atoms with Crippen molar-refractivity contribution in [2.45, 2.75) is 20.4 Å². The number of nitrogens with two attached hydrogens (primary N) is 1. The molecule has 6 heteroatoms. The molecule has 0 aliphatic heterocycles. The van der Waals surface area contributed by atoms with Crippen molar-refractivity contribution in [3.05, 3.63) is 35.4 Å². The molecule has 4 N–H and O–H groups in total. The lowest BCUT2D eigenvalue weighted by Crippen LogP contribution is -2.27. The second-order valence-electron chi connectivity index (χ2n) is 5.90. The monoisotopic (exact) mass is 290 g/mol. The average molecular weight is 290 g/mol. The van der Waals surface area contributed by atoms with E-state index in [9.17, 15) is 14.4 Å². The Hall–Kier alpha value is -2.37. The van der Waals surface area contributed by atoms with Crippen LogP contribution in [0, 0.1) is 17.3 Å². The van der Waals surface area contributed by atoms with E-state index in [2.05, 4.69) is 5.32 Å². The van der Waals surface area contributed by atoms with Crippen LogP contribution in [0.25, 0.3) is 0 Å². The summed E-state index contributed by atoms with van der Waals surface area (Å²) in [6.45, 7) is 3.77.